The fraction of sp³-hybridized carbons (Fsp3) is 0.719. The van der Waals surface area contributed by atoms with Gasteiger partial charge >= 0.3 is 11.9 Å². The fourth-order valence-corrected chi connectivity index (χ4v) is 5.48. The van der Waals surface area contributed by atoms with Gasteiger partial charge in [0, 0.05) is 13.0 Å². The summed E-state index contributed by atoms with van der Waals surface area (Å²) in [4.78, 5) is 45.7. The molecule has 13 heteroatoms. The van der Waals surface area contributed by atoms with Crippen molar-refractivity contribution in [3.05, 3.63) is 23.5 Å². The first kappa shape index (κ1) is 36.3. The molecule has 1 saturated carbocycles. The number of rotatable bonds is 15. The molecule has 45 heavy (non-hydrogen) atoms. The summed E-state index contributed by atoms with van der Waals surface area (Å²) in [6.45, 7) is 10.7. The van der Waals surface area contributed by atoms with Gasteiger partial charge in [-0.1, -0.05) is 40.0 Å². The fourth-order valence-electron chi connectivity index (χ4n) is 5.48. The number of esters is 2. The van der Waals surface area contributed by atoms with Crippen molar-refractivity contribution in [3.63, 3.8) is 0 Å². The minimum Gasteiger partial charge on any atom is -0.463 e. The number of carbonyl (C=O) groups excluding carboxylic acids is 3. The van der Waals surface area contributed by atoms with E-state index in [0.29, 0.717) is 30.3 Å². The van der Waals surface area contributed by atoms with Crippen molar-refractivity contribution in [1.82, 2.24) is 10.3 Å². The van der Waals surface area contributed by atoms with Gasteiger partial charge in [0.15, 0.2) is 11.9 Å². The number of nitrogens with two attached hydrogens (primary N) is 1. The van der Waals surface area contributed by atoms with Crippen LogP contribution in [-0.2, 0) is 38.9 Å². The van der Waals surface area contributed by atoms with Crippen molar-refractivity contribution in [2.75, 3.05) is 13.2 Å². The van der Waals surface area contributed by atoms with Crippen LogP contribution in [0.2, 0.25) is 0 Å². The molecular weight excluding hydrogens is 582 g/mol. The average Bonchev–Trinajstić information content (AvgIpc) is 3.74. The summed E-state index contributed by atoms with van der Waals surface area (Å²) in [6.07, 6.45) is 3.45. The zero-order valence-electron chi connectivity index (χ0n) is 27.4. The van der Waals surface area contributed by atoms with Crippen molar-refractivity contribution in [2.45, 2.75) is 122 Å². The van der Waals surface area contributed by atoms with Gasteiger partial charge in [-0.25, -0.2) is 4.99 Å². The van der Waals surface area contributed by atoms with E-state index < -0.39 is 47.4 Å². The van der Waals surface area contributed by atoms with E-state index in [1.165, 1.54) is 0 Å². The highest BCUT2D eigenvalue weighted by Gasteiger charge is 2.56. The maximum absolute atomic E-state index is 13.1. The average molecular weight is 634 g/mol. The van der Waals surface area contributed by atoms with Crippen LogP contribution < -0.4 is 11.1 Å². The molecule has 1 aromatic heterocycles. The molecule has 1 aromatic rings. The zero-order valence-corrected chi connectivity index (χ0v) is 27.4. The topological polar surface area (TPSA) is 198 Å². The highest BCUT2D eigenvalue weighted by molar-refractivity contribution is 6.10. The molecule has 5 atom stereocenters. The third-order valence-electron chi connectivity index (χ3n) is 8.63. The number of unbranched alkanes of at least 4 members (excludes halogenated alkanes) is 1. The van der Waals surface area contributed by atoms with Gasteiger partial charge in [-0.15, -0.1) is 0 Å². The summed E-state index contributed by atoms with van der Waals surface area (Å²) in [7, 11) is 0. The molecule has 13 nitrogen and oxygen atoms in total. The molecule has 6 N–H and O–H groups in total. The lowest BCUT2D eigenvalue weighted by atomic mass is 9.93. The Morgan fingerprint density at radius 1 is 1.29 bits per heavy atom. The maximum atomic E-state index is 13.1. The third-order valence-corrected chi connectivity index (χ3v) is 8.63. The van der Waals surface area contributed by atoms with E-state index >= 15 is 0 Å². The lowest BCUT2D eigenvalue weighted by Crippen LogP contribution is -2.47. The Kier molecular flexibility index (Phi) is 12.9. The molecule has 1 aliphatic carbocycles. The molecule has 2 aliphatic rings. The summed E-state index contributed by atoms with van der Waals surface area (Å²) >= 11 is 0. The van der Waals surface area contributed by atoms with Gasteiger partial charge in [0.05, 0.1) is 11.4 Å². The number of nitrogens with zero attached hydrogens (tertiary/aromatic N) is 1. The molecule has 3 rings (SSSR count). The molecule has 0 radical (unpaired) electrons. The number of carbonyl (C=O) groups is 3. The Labute approximate surface area is 265 Å². The van der Waals surface area contributed by atoms with Gasteiger partial charge in [0.1, 0.15) is 42.4 Å². The van der Waals surface area contributed by atoms with E-state index in [1.54, 1.807) is 46.8 Å². The van der Waals surface area contributed by atoms with Crippen molar-refractivity contribution in [2.24, 2.45) is 22.6 Å². The summed E-state index contributed by atoms with van der Waals surface area (Å²) in [5, 5.41) is 21.8. The van der Waals surface area contributed by atoms with Crippen LogP contribution in [0.3, 0.4) is 0 Å². The standard InChI is InChI=1S/C32H51N5O8/c1-7-8-15-43-31(4,5)30(41)37-28(35-18-33)21-13-14-23(36-21)32(6)27(39)26(44-29(40)25(34)19(2)3)22(45-32)17-42-24(38)16-20-11-9-10-12-20/h13-14,18-20,22,25-27,36,39H,7-12,15-17,34H2,1-6H3,(H2,33,35,37,41)/t22-,25+,26-,27-,32+/m1/s1. The quantitative estimate of drug-likeness (QED) is 0.0834. The van der Waals surface area contributed by atoms with Gasteiger partial charge in [-0.3, -0.25) is 19.8 Å². The number of ether oxygens (including phenoxy) is 4. The van der Waals surface area contributed by atoms with Gasteiger partial charge in [-0.05, 0) is 64.0 Å². The highest BCUT2D eigenvalue weighted by Crippen LogP contribution is 2.41. The monoisotopic (exact) mass is 633 g/mol. The first-order valence-corrected chi connectivity index (χ1v) is 15.9. The minimum atomic E-state index is -1.45. The summed E-state index contributed by atoms with van der Waals surface area (Å²) < 4.78 is 23.3. The minimum absolute atomic E-state index is 0.0628. The predicted molar refractivity (Wildman–Crippen MR) is 168 cm³/mol. The van der Waals surface area contributed by atoms with Gasteiger partial charge in [0.25, 0.3) is 5.91 Å². The third kappa shape index (κ3) is 9.21. The number of amides is 1. The summed E-state index contributed by atoms with van der Waals surface area (Å²) in [5.74, 6) is -1.38. The molecule has 0 aromatic carbocycles. The summed E-state index contributed by atoms with van der Waals surface area (Å²) in [6, 6.07) is 2.33. The van der Waals surface area contributed by atoms with Crippen LogP contribution in [0.5, 0.6) is 0 Å². The lowest BCUT2D eigenvalue weighted by Gasteiger charge is -2.28. The van der Waals surface area contributed by atoms with E-state index in [9.17, 15) is 19.5 Å². The van der Waals surface area contributed by atoms with E-state index in [1.807, 2.05) is 6.92 Å². The second-order valence-corrected chi connectivity index (χ2v) is 13.0. The zero-order chi connectivity index (χ0) is 33.4. The molecule has 0 spiro atoms. The van der Waals surface area contributed by atoms with Crippen molar-refractivity contribution < 1.29 is 38.4 Å². The van der Waals surface area contributed by atoms with Crippen LogP contribution >= 0.6 is 0 Å². The normalized spacial score (nSPS) is 24.9. The largest absolute Gasteiger partial charge is 0.463 e. The Balaban J connectivity index is 1.81. The molecule has 0 bridgehead atoms. The second-order valence-electron chi connectivity index (χ2n) is 13.0. The van der Waals surface area contributed by atoms with E-state index in [-0.39, 0.29) is 24.3 Å². The number of nitrogens with one attached hydrogen (secondary N) is 3. The van der Waals surface area contributed by atoms with E-state index in [0.717, 1.165) is 44.9 Å². The Hall–Kier alpha value is -3.13. The molecule has 2 heterocycles. The summed E-state index contributed by atoms with van der Waals surface area (Å²) in [5.41, 5.74) is 4.14. The lowest BCUT2D eigenvalue weighted by molar-refractivity contribution is -0.162. The van der Waals surface area contributed by atoms with Crippen molar-refractivity contribution >= 4 is 30.0 Å². The number of aromatic nitrogens is 1. The van der Waals surface area contributed by atoms with Crippen molar-refractivity contribution in [1.29, 1.82) is 5.41 Å². The number of hydrogen-bond acceptors (Lipinski definition) is 10. The van der Waals surface area contributed by atoms with Gasteiger partial charge < -0.3 is 40.1 Å². The number of aliphatic hydroxyl groups is 1. The van der Waals surface area contributed by atoms with Crippen LogP contribution in [0, 0.1) is 17.2 Å². The number of amidine groups is 1. The Morgan fingerprint density at radius 3 is 2.60 bits per heavy atom. The molecule has 0 unspecified atom stereocenters. The molecule has 1 saturated heterocycles. The smallest absolute Gasteiger partial charge is 0.323 e. The van der Waals surface area contributed by atoms with Crippen LogP contribution in [0.4, 0.5) is 0 Å². The predicted octanol–water partition coefficient (Wildman–Crippen LogP) is 3.07. The molecule has 252 valence electrons. The molecule has 1 aliphatic heterocycles. The van der Waals surface area contributed by atoms with Crippen molar-refractivity contribution in [3.8, 4) is 0 Å². The molecular formula is C32H51N5O8. The highest BCUT2D eigenvalue weighted by atomic mass is 16.6. The molecule has 1 amide bonds. The van der Waals surface area contributed by atoms with Gasteiger partial charge in [-0.2, -0.15) is 0 Å². The van der Waals surface area contributed by atoms with E-state index in [4.69, 9.17) is 30.1 Å². The first-order valence-electron chi connectivity index (χ1n) is 15.9. The number of hydrogen-bond donors (Lipinski definition) is 5. The maximum Gasteiger partial charge on any atom is 0.323 e. The Bertz CT molecular complexity index is 1210. The van der Waals surface area contributed by atoms with Crippen LogP contribution in [-0.4, -0.2) is 83.3 Å². The number of aliphatic hydroxyl groups excluding tert-OH is 1. The number of aromatic amines is 1. The van der Waals surface area contributed by atoms with Gasteiger partial charge in [0.2, 0.25) is 0 Å². The SMILES string of the molecule is CCCCOC(C)(C)C(=O)NC(=NC=N)c1ccc([C@]2(C)O[C@H](COC(=O)CC3CCCC3)[C@@H](OC(=O)[C@@H](N)C(C)C)[C@H]2O)[nH]1. The number of H-pyrrole nitrogens is 1. The van der Waals surface area contributed by atoms with E-state index in [2.05, 4.69) is 15.3 Å². The number of aliphatic imine (C=N–C) groups is 1. The van der Waals surface area contributed by atoms with Crippen LogP contribution in [0.1, 0.15) is 97.9 Å². The first-order chi connectivity index (χ1) is 21.2. The van der Waals surface area contributed by atoms with Crippen LogP contribution in [0.25, 0.3) is 0 Å². The molecule has 2 fully saturated rings. The Morgan fingerprint density at radius 2 is 1.98 bits per heavy atom. The second kappa shape index (κ2) is 15.9. The van der Waals surface area contributed by atoms with Crippen LogP contribution in [0.15, 0.2) is 17.1 Å².